The van der Waals surface area contributed by atoms with Crippen LogP contribution in [0.3, 0.4) is 0 Å². The van der Waals surface area contributed by atoms with E-state index in [2.05, 4.69) is 0 Å². The van der Waals surface area contributed by atoms with Crippen LogP contribution < -0.4 is 0 Å². The Labute approximate surface area is 109 Å². The van der Waals surface area contributed by atoms with Crippen LogP contribution in [0, 0.1) is 12.7 Å². The molecule has 1 aromatic heterocycles. The van der Waals surface area contributed by atoms with Gasteiger partial charge in [-0.05, 0) is 37.3 Å². The highest BCUT2D eigenvalue weighted by Gasteiger charge is 2.11. The number of hydrogen-bond acceptors (Lipinski definition) is 2. The number of halogens is 1. The molecule has 0 spiro atoms. The van der Waals surface area contributed by atoms with Crippen molar-refractivity contribution >= 4 is 17.3 Å². The monoisotopic (exact) mass is 254 g/mol. The third-order valence-electron chi connectivity index (χ3n) is 3.08. The topological polar surface area (TPSA) is 30.2 Å². The molecule has 1 heterocycles. The van der Waals surface area contributed by atoms with Crippen molar-refractivity contribution < 1.29 is 13.6 Å². The van der Waals surface area contributed by atoms with Crippen molar-refractivity contribution in [1.29, 1.82) is 0 Å². The highest BCUT2D eigenvalue weighted by Crippen LogP contribution is 2.30. The number of aryl methyl sites for hydroxylation is 1. The van der Waals surface area contributed by atoms with Gasteiger partial charge in [0.15, 0.2) is 6.29 Å². The van der Waals surface area contributed by atoms with Crippen LogP contribution in [-0.2, 0) is 0 Å². The van der Waals surface area contributed by atoms with E-state index in [0.717, 1.165) is 17.4 Å². The number of aldehydes is 1. The Morgan fingerprint density at radius 1 is 1.11 bits per heavy atom. The number of rotatable bonds is 2. The second kappa shape index (κ2) is 4.35. The van der Waals surface area contributed by atoms with Gasteiger partial charge in [0.05, 0.1) is 0 Å². The number of hydrogen-bond donors (Lipinski definition) is 0. The Morgan fingerprint density at radius 2 is 1.95 bits per heavy atom. The molecule has 0 saturated heterocycles. The van der Waals surface area contributed by atoms with Crippen LogP contribution in [0.5, 0.6) is 0 Å². The molecule has 0 saturated carbocycles. The van der Waals surface area contributed by atoms with E-state index < -0.39 is 0 Å². The van der Waals surface area contributed by atoms with Crippen molar-refractivity contribution in [2.24, 2.45) is 0 Å². The Hall–Kier alpha value is -2.42. The minimum absolute atomic E-state index is 0.306. The van der Waals surface area contributed by atoms with Gasteiger partial charge in [-0.3, -0.25) is 4.79 Å². The Balaban J connectivity index is 2.24. The molecule has 0 N–H and O–H groups in total. The molecule has 0 bridgehead atoms. The van der Waals surface area contributed by atoms with E-state index in [1.165, 1.54) is 12.1 Å². The molecule has 3 rings (SSSR count). The molecule has 0 unspecified atom stereocenters. The van der Waals surface area contributed by atoms with Crippen LogP contribution in [-0.4, -0.2) is 6.29 Å². The quantitative estimate of drug-likeness (QED) is 0.636. The molecule has 0 amide bonds. The van der Waals surface area contributed by atoms with E-state index in [1.54, 1.807) is 18.2 Å². The lowest BCUT2D eigenvalue weighted by Gasteiger charge is -2.02. The first-order chi connectivity index (χ1) is 9.17. The van der Waals surface area contributed by atoms with Gasteiger partial charge in [-0.25, -0.2) is 4.39 Å². The van der Waals surface area contributed by atoms with Crippen molar-refractivity contribution in [1.82, 2.24) is 0 Å². The number of fused-ring (bicyclic) bond motifs is 1. The molecule has 3 heteroatoms. The SMILES string of the molecule is Cc1ccc(C=O)c(-c2cc3cc(F)ccc3o2)c1. The smallest absolute Gasteiger partial charge is 0.150 e. The zero-order valence-electron chi connectivity index (χ0n) is 10.3. The third-order valence-corrected chi connectivity index (χ3v) is 3.08. The maximum absolute atomic E-state index is 13.2. The lowest BCUT2D eigenvalue weighted by atomic mass is 10.0. The van der Waals surface area contributed by atoms with E-state index in [4.69, 9.17) is 4.42 Å². The first kappa shape index (κ1) is 11.7. The van der Waals surface area contributed by atoms with E-state index >= 15 is 0 Å². The van der Waals surface area contributed by atoms with Gasteiger partial charge in [0, 0.05) is 16.5 Å². The summed E-state index contributed by atoms with van der Waals surface area (Å²) in [7, 11) is 0. The maximum atomic E-state index is 13.2. The van der Waals surface area contributed by atoms with Crippen LogP contribution in [0.1, 0.15) is 15.9 Å². The summed E-state index contributed by atoms with van der Waals surface area (Å²) in [5.41, 5.74) is 2.93. The number of carbonyl (C=O) groups excluding carboxylic acids is 1. The molecule has 2 aromatic carbocycles. The van der Waals surface area contributed by atoms with E-state index in [1.807, 2.05) is 19.1 Å². The van der Waals surface area contributed by atoms with Gasteiger partial charge in [-0.2, -0.15) is 0 Å². The Bertz CT molecular complexity index is 772. The molecule has 94 valence electrons. The molecule has 0 aliphatic carbocycles. The lowest BCUT2D eigenvalue weighted by molar-refractivity contribution is 0.112. The average Bonchev–Trinajstić information content (AvgIpc) is 2.81. The van der Waals surface area contributed by atoms with Gasteiger partial charge in [0.25, 0.3) is 0 Å². The summed E-state index contributed by atoms with van der Waals surface area (Å²) in [6, 6.07) is 11.6. The molecule has 2 nitrogen and oxygen atoms in total. The number of furan rings is 1. The summed E-state index contributed by atoms with van der Waals surface area (Å²) >= 11 is 0. The summed E-state index contributed by atoms with van der Waals surface area (Å²) in [6.07, 6.45) is 0.794. The molecule has 0 radical (unpaired) electrons. The summed E-state index contributed by atoms with van der Waals surface area (Å²) in [5, 5.41) is 0.688. The van der Waals surface area contributed by atoms with Crippen molar-refractivity contribution in [2.45, 2.75) is 6.92 Å². The predicted octanol–water partition coefficient (Wildman–Crippen LogP) is 4.36. The lowest BCUT2D eigenvalue weighted by Crippen LogP contribution is -1.87. The van der Waals surface area contributed by atoms with Gasteiger partial charge < -0.3 is 4.42 Å². The van der Waals surface area contributed by atoms with Crippen LogP contribution in [0.2, 0.25) is 0 Å². The van der Waals surface area contributed by atoms with Crippen LogP contribution in [0.25, 0.3) is 22.3 Å². The average molecular weight is 254 g/mol. The van der Waals surface area contributed by atoms with Crippen LogP contribution in [0.4, 0.5) is 4.39 Å². The van der Waals surface area contributed by atoms with Crippen molar-refractivity contribution in [2.75, 3.05) is 0 Å². The summed E-state index contributed by atoms with van der Waals surface area (Å²) in [5.74, 6) is 0.270. The number of carbonyl (C=O) groups is 1. The molecule has 0 fully saturated rings. The fourth-order valence-corrected chi connectivity index (χ4v) is 2.13. The fourth-order valence-electron chi connectivity index (χ4n) is 2.13. The molecule has 19 heavy (non-hydrogen) atoms. The third kappa shape index (κ3) is 2.03. The predicted molar refractivity (Wildman–Crippen MR) is 71.7 cm³/mol. The number of benzene rings is 2. The first-order valence-corrected chi connectivity index (χ1v) is 5.93. The standard InChI is InChI=1S/C16H11FO2/c1-10-2-3-11(9-18)14(6-10)16-8-12-7-13(17)4-5-15(12)19-16/h2-9H,1H3. The largest absolute Gasteiger partial charge is 0.456 e. The Morgan fingerprint density at radius 3 is 2.74 bits per heavy atom. The minimum atomic E-state index is -0.306. The summed E-state index contributed by atoms with van der Waals surface area (Å²) in [4.78, 5) is 11.1. The molecular formula is C16H11FO2. The van der Waals surface area contributed by atoms with Crippen LogP contribution in [0.15, 0.2) is 46.9 Å². The normalized spacial score (nSPS) is 10.8. The molecule has 0 atom stereocenters. The minimum Gasteiger partial charge on any atom is -0.456 e. The van der Waals surface area contributed by atoms with E-state index in [9.17, 15) is 9.18 Å². The fraction of sp³-hybridized carbons (Fsp3) is 0.0625. The van der Waals surface area contributed by atoms with Crippen molar-refractivity contribution in [3.63, 3.8) is 0 Å². The highest BCUT2D eigenvalue weighted by molar-refractivity contribution is 5.90. The Kier molecular flexibility index (Phi) is 2.67. The van der Waals surface area contributed by atoms with Gasteiger partial charge in [0.1, 0.15) is 17.2 Å². The zero-order chi connectivity index (χ0) is 13.4. The summed E-state index contributed by atoms with van der Waals surface area (Å²) < 4.78 is 18.8. The van der Waals surface area contributed by atoms with E-state index in [0.29, 0.717) is 22.3 Å². The molecule has 0 aliphatic rings. The zero-order valence-corrected chi connectivity index (χ0v) is 10.3. The van der Waals surface area contributed by atoms with Crippen LogP contribution >= 0.6 is 0 Å². The first-order valence-electron chi connectivity index (χ1n) is 5.93. The van der Waals surface area contributed by atoms with Gasteiger partial charge in [-0.15, -0.1) is 0 Å². The van der Waals surface area contributed by atoms with Gasteiger partial charge in [-0.1, -0.05) is 17.7 Å². The van der Waals surface area contributed by atoms with Gasteiger partial charge >= 0.3 is 0 Å². The van der Waals surface area contributed by atoms with E-state index in [-0.39, 0.29) is 5.82 Å². The molecule has 0 aliphatic heterocycles. The van der Waals surface area contributed by atoms with Crippen molar-refractivity contribution in [3.05, 3.63) is 59.4 Å². The molecular weight excluding hydrogens is 243 g/mol. The maximum Gasteiger partial charge on any atom is 0.150 e. The second-order valence-electron chi connectivity index (χ2n) is 4.50. The molecule has 3 aromatic rings. The highest BCUT2D eigenvalue weighted by atomic mass is 19.1. The summed E-state index contributed by atoms with van der Waals surface area (Å²) in [6.45, 7) is 1.94. The van der Waals surface area contributed by atoms with Gasteiger partial charge in [0.2, 0.25) is 0 Å². The second-order valence-corrected chi connectivity index (χ2v) is 4.50. The van der Waals surface area contributed by atoms with Crippen molar-refractivity contribution in [3.8, 4) is 11.3 Å².